The molecule has 10 nitrogen and oxygen atoms in total. The molecule has 0 aromatic heterocycles. The minimum absolute atomic E-state index is 0. The summed E-state index contributed by atoms with van der Waals surface area (Å²) in [6, 6.07) is 0. The molecule has 0 saturated carbocycles. The van der Waals surface area contributed by atoms with Crippen molar-refractivity contribution < 1.29 is 44.1 Å². The SMILES string of the molecule is CCSCC.N.O=C(O)C[N+](CC(=O)O)(CC(=O)O)CC(=O)O. The quantitative estimate of drug-likeness (QED) is 0.335. The predicted octanol–water partition coefficient (Wildman–Crippen LogP) is 0.0630. The highest BCUT2D eigenvalue weighted by molar-refractivity contribution is 7.99. The summed E-state index contributed by atoms with van der Waals surface area (Å²) in [6.07, 6.45) is 0. The molecule has 136 valence electrons. The van der Waals surface area contributed by atoms with Gasteiger partial charge >= 0.3 is 23.9 Å². The molecule has 0 bridgehead atoms. The van der Waals surface area contributed by atoms with Crippen LogP contribution in [-0.4, -0.2) is 86.5 Å². The Morgan fingerprint density at radius 3 is 1.00 bits per heavy atom. The second-order valence-electron chi connectivity index (χ2n) is 4.33. The first-order valence-corrected chi connectivity index (χ1v) is 7.54. The van der Waals surface area contributed by atoms with Gasteiger partial charge in [-0.15, -0.1) is 0 Å². The van der Waals surface area contributed by atoms with Gasteiger partial charge in [0.25, 0.3) is 0 Å². The van der Waals surface area contributed by atoms with Gasteiger partial charge in [0.1, 0.15) is 0 Å². The molecule has 0 aromatic carbocycles. The highest BCUT2D eigenvalue weighted by atomic mass is 32.2. The van der Waals surface area contributed by atoms with Gasteiger partial charge in [-0.3, -0.25) is 4.48 Å². The monoisotopic (exact) mass is 357 g/mol. The van der Waals surface area contributed by atoms with Crippen LogP contribution in [0.3, 0.4) is 0 Å². The van der Waals surface area contributed by atoms with Gasteiger partial charge in [-0.2, -0.15) is 11.8 Å². The van der Waals surface area contributed by atoms with E-state index >= 15 is 0 Å². The molecule has 0 aromatic rings. The fraction of sp³-hybridized carbons (Fsp3) is 0.667. The first-order valence-electron chi connectivity index (χ1n) is 6.38. The highest BCUT2D eigenvalue weighted by Gasteiger charge is 2.38. The molecule has 0 unspecified atom stereocenters. The Kier molecular flexibility index (Phi) is 15.6. The summed E-state index contributed by atoms with van der Waals surface area (Å²) in [4.78, 5) is 42.3. The van der Waals surface area contributed by atoms with Crippen LogP contribution in [0.15, 0.2) is 0 Å². The van der Waals surface area contributed by atoms with Gasteiger partial charge in [0.05, 0.1) is 0 Å². The summed E-state index contributed by atoms with van der Waals surface area (Å²) >= 11 is 1.96. The maximum absolute atomic E-state index is 10.6. The number of hydrogen-bond acceptors (Lipinski definition) is 6. The largest absolute Gasteiger partial charge is 0.477 e. The summed E-state index contributed by atoms with van der Waals surface area (Å²) in [5, 5.41) is 34.4. The maximum Gasteiger partial charge on any atom is 0.359 e. The third-order valence-electron chi connectivity index (χ3n) is 2.29. The zero-order valence-electron chi connectivity index (χ0n) is 13.2. The molecule has 0 saturated heterocycles. The van der Waals surface area contributed by atoms with Crippen LogP contribution in [0.25, 0.3) is 0 Å². The Hall–Kier alpha value is -1.85. The van der Waals surface area contributed by atoms with Crippen LogP contribution < -0.4 is 6.15 Å². The van der Waals surface area contributed by atoms with Gasteiger partial charge in [-0.05, 0) is 11.5 Å². The Morgan fingerprint density at radius 1 is 0.696 bits per heavy atom. The molecular formula is C12H25N2O8S+. The number of aliphatic carboxylic acids is 4. The van der Waals surface area contributed by atoms with E-state index in [1.165, 1.54) is 11.5 Å². The van der Waals surface area contributed by atoms with E-state index in [9.17, 15) is 19.2 Å². The maximum atomic E-state index is 10.6. The lowest BCUT2D eigenvalue weighted by Gasteiger charge is -2.32. The van der Waals surface area contributed by atoms with E-state index in [0.29, 0.717) is 0 Å². The first-order chi connectivity index (χ1) is 10.1. The normalized spacial score (nSPS) is 9.83. The van der Waals surface area contributed by atoms with Crippen LogP contribution in [0, 0.1) is 0 Å². The van der Waals surface area contributed by atoms with Gasteiger partial charge in [-0.25, -0.2) is 19.2 Å². The van der Waals surface area contributed by atoms with Gasteiger partial charge < -0.3 is 26.6 Å². The second kappa shape index (κ2) is 13.8. The summed E-state index contributed by atoms with van der Waals surface area (Å²) in [7, 11) is 0. The van der Waals surface area contributed by atoms with Crippen LogP contribution in [-0.2, 0) is 19.2 Å². The van der Waals surface area contributed by atoms with Crippen molar-refractivity contribution in [2.24, 2.45) is 0 Å². The summed E-state index contributed by atoms with van der Waals surface area (Å²) in [5.41, 5.74) is 0. The van der Waals surface area contributed by atoms with Crippen LogP contribution >= 0.6 is 11.8 Å². The Labute approximate surface area is 138 Å². The standard InChI is InChI=1S/C8H11NO8.C4H10S.H3N/c10-5(11)1-9(2-6(12)13,3-7(14)15)4-8(16)17;1-3-5-4-2;/h1-4H2,(H3-,10,11,12,13,14,15,16,17);3-4H2,1-2H3;1H3/p+1. The van der Waals surface area contributed by atoms with Crippen molar-refractivity contribution in [2.45, 2.75) is 13.8 Å². The minimum Gasteiger partial charge on any atom is -0.477 e. The molecule has 0 rings (SSSR count). The molecule has 0 atom stereocenters. The fourth-order valence-corrected chi connectivity index (χ4v) is 2.10. The Bertz CT molecular complexity index is 331. The fourth-order valence-electron chi connectivity index (χ4n) is 1.69. The summed E-state index contributed by atoms with van der Waals surface area (Å²) in [5.74, 6) is -3.34. The molecule has 0 aliphatic heterocycles. The molecule has 0 spiro atoms. The molecule has 7 N–H and O–H groups in total. The Balaban J connectivity index is -0.000000578. The second-order valence-corrected chi connectivity index (χ2v) is 5.89. The predicted molar refractivity (Wildman–Crippen MR) is 84.0 cm³/mol. The average Bonchev–Trinajstić information content (AvgIpc) is 2.25. The van der Waals surface area contributed by atoms with Crippen molar-refractivity contribution in [2.75, 3.05) is 37.7 Å². The summed E-state index contributed by atoms with van der Waals surface area (Å²) < 4.78 is -1.07. The Morgan fingerprint density at radius 2 is 0.913 bits per heavy atom. The minimum atomic E-state index is -1.46. The molecule has 0 aliphatic carbocycles. The molecule has 0 aliphatic rings. The molecule has 11 heteroatoms. The number of quaternary nitrogens is 1. The number of carbonyl (C=O) groups is 4. The molecule has 0 amide bonds. The zero-order chi connectivity index (χ0) is 17.8. The van der Waals surface area contributed by atoms with E-state index in [0.717, 1.165) is 0 Å². The van der Waals surface area contributed by atoms with E-state index < -0.39 is 54.5 Å². The van der Waals surface area contributed by atoms with E-state index in [4.69, 9.17) is 20.4 Å². The lowest BCUT2D eigenvalue weighted by Crippen LogP contribution is -2.58. The van der Waals surface area contributed by atoms with Gasteiger partial charge in [0.15, 0.2) is 26.2 Å². The number of carboxylic acids is 4. The molecule has 0 radical (unpaired) electrons. The lowest BCUT2D eigenvalue weighted by molar-refractivity contribution is -0.900. The van der Waals surface area contributed by atoms with Gasteiger partial charge in [0, 0.05) is 0 Å². The van der Waals surface area contributed by atoms with Crippen LogP contribution in [0.5, 0.6) is 0 Å². The third-order valence-corrected chi connectivity index (χ3v) is 3.11. The third kappa shape index (κ3) is 16.3. The van der Waals surface area contributed by atoms with Crippen molar-refractivity contribution in [3.8, 4) is 0 Å². The first kappa shape index (κ1) is 26.1. The molecule has 23 heavy (non-hydrogen) atoms. The van der Waals surface area contributed by atoms with E-state index in [-0.39, 0.29) is 6.15 Å². The van der Waals surface area contributed by atoms with E-state index in [1.807, 2.05) is 11.8 Å². The van der Waals surface area contributed by atoms with Crippen molar-refractivity contribution >= 4 is 35.6 Å². The zero-order valence-corrected chi connectivity index (χ0v) is 14.0. The van der Waals surface area contributed by atoms with Crippen LogP contribution in [0.4, 0.5) is 0 Å². The highest BCUT2D eigenvalue weighted by Crippen LogP contribution is 2.07. The van der Waals surface area contributed by atoms with E-state index in [1.54, 1.807) is 0 Å². The average molecular weight is 357 g/mol. The summed E-state index contributed by atoms with van der Waals surface area (Å²) in [6.45, 7) is 0.813. The lowest BCUT2D eigenvalue weighted by atomic mass is 10.3. The smallest absolute Gasteiger partial charge is 0.359 e. The number of rotatable bonds is 10. The van der Waals surface area contributed by atoms with Crippen molar-refractivity contribution in [1.29, 1.82) is 0 Å². The van der Waals surface area contributed by atoms with Crippen molar-refractivity contribution in [3.63, 3.8) is 0 Å². The molecule has 0 fully saturated rings. The topological polar surface area (TPSA) is 184 Å². The van der Waals surface area contributed by atoms with E-state index in [2.05, 4.69) is 13.8 Å². The number of thioether (sulfide) groups is 1. The van der Waals surface area contributed by atoms with Crippen molar-refractivity contribution in [1.82, 2.24) is 6.15 Å². The molecule has 0 heterocycles. The number of hydrogen-bond donors (Lipinski definition) is 5. The van der Waals surface area contributed by atoms with Gasteiger partial charge in [0.2, 0.25) is 0 Å². The number of carboxylic acid groups (broad SMARTS) is 4. The van der Waals surface area contributed by atoms with Crippen molar-refractivity contribution in [3.05, 3.63) is 0 Å². The van der Waals surface area contributed by atoms with Gasteiger partial charge in [-0.1, -0.05) is 13.8 Å². The van der Waals surface area contributed by atoms with Crippen LogP contribution in [0.1, 0.15) is 13.8 Å². The van der Waals surface area contributed by atoms with Crippen LogP contribution in [0.2, 0.25) is 0 Å². The number of nitrogens with zero attached hydrogens (tertiary/aromatic N) is 1. The molecular weight excluding hydrogens is 332 g/mol.